The summed E-state index contributed by atoms with van der Waals surface area (Å²) in [4.78, 5) is 13.7. The molecule has 3 nitrogen and oxygen atoms in total. The average molecular weight is 290 g/mol. The van der Waals surface area contributed by atoms with Gasteiger partial charge in [-0.15, -0.1) is 0 Å². The van der Waals surface area contributed by atoms with Gasteiger partial charge in [0, 0.05) is 19.5 Å². The largest absolute Gasteiger partial charge is 0.355 e. The molecule has 0 aromatic heterocycles. The first-order valence-electron chi connectivity index (χ1n) is 7.80. The van der Waals surface area contributed by atoms with Crippen molar-refractivity contribution in [2.75, 3.05) is 27.2 Å². The highest BCUT2D eigenvalue weighted by molar-refractivity contribution is 5.75. The molecule has 118 valence electrons. The predicted octanol–water partition coefficient (Wildman–Crippen LogP) is 2.98. The third-order valence-electron chi connectivity index (χ3n) is 3.57. The number of hydrogen-bond acceptors (Lipinski definition) is 2. The minimum Gasteiger partial charge on any atom is -0.355 e. The minimum absolute atomic E-state index is 0.156. The molecule has 0 atom stereocenters. The molecule has 0 bridgehead atoms. The van der Waals surface area contributed by atoms with E-state index < -0.39 is 0 Å². The first kappa shape index (κ1) is 17.7. The van der Waals surface area contributed by atoms with Gasteiger partial charge in [0.15, 0.2) is 0 Å². The van der Waals surface area contributed by atoms with Crippen molar-refractivity contribution in [3.05, 3.63) is 35.4 Å². The standard InChI is InChI=1S/C18H30N2O/c1-18(2,3)16-11-9-15(10-12-16)7-6-8-17(21)19-13-14-20(4)5/h9-12H,6-8,13-14H2,1-5H3,(H,19,21). The Hall–Kier alpha value is -1.35. The van der Waals surface area contributed by atoms with Crippen molar-refractivity contribution in [2.24, 2.45) is 0 Å². The molecule has 0 aliphatic rings. The minimum atomic E-state index is 0.156. The van der Waals surface area contributed by atoms with Gasteiger partial charge in [0.25, 0.3) is 0 Å². The second-order valence-electron chi connectivity index (χ2n) is 6.95. The van der Waals surface area contributed by atoms with E-state index in [9.17, 15) is 4.79 Å². The number of amides is 1. The Morgan fingerprint density at radius 2 is 1.76 bits per heavy atom. The number of carbonyl (C=O) groups is 1. The zero-order chi connectivity index (χ0) is 15.9. The lowest BCUT2D eigenvalue weighted by molar-refractivity contribution is -0.121. The van der Waals surface area contributed by atoms with Crippen LogP contribution in [0.15, 0.2) is 24.3 Å². The molecule has 0 heterocycles. The summed E-state index contributed by atoms with van der Waals surface area (Å²) < 4.78 is 0. The maximum Gasteiger partial charge on any atom is 0.220 e. The Balaban J connectivity index is 2.28. The quantitative estimate of drug-likeness (QED) is 0.837. The Morgan fingerprint density at radius 1 is 1.14 bits per heavy atom. The van der Waals surface area contributed by atoms with Crippen molar-refractivity contribution >= 4 is 5.91 Å². The van der Waals surface area contributed by atoms with Gasteiger partial charge in [0.1, 0.15) is 0 Å². The number of likely N-dealkylation sites (N-methyl/N-ethyl adjacent to an activating group) is 1. The van der Waals surface area contributed by atoms with E-state index in [0.29, 0.717) is 6.42 Å². The average Bonchev–Trinajstić information content (AvgIpc) is 2.38. The van der Waals surface area contributed by atoms with Gasteiger partial charge in [-0.25, -0.2) is 0 Å². The lowest BCUT2D eigenvalue weighted by Gasteiger charge is -2.19. The van der Waals surface area contributed by atoms with E-state index in [4.69, 9.17) is 0 Å². The molecule has 21 heavy (non-hydrogen) atoms. The first-order chi connectivity index (χ1) is 9.79. The summed E-state index contributed by atoms with van der Waals surface area (Å²) in [6.45, 7) is 8.28. The first-order valence-corrected chi connectivity index (χ1v) is 7.80. The third-order valence-corrected chi connectivity index (χ3v) is 3.57. The Morgan fingerprint density at radius 3 is 2.29 bits per heavy atom. The smallest absolute Gasteiger partial charge is 0.220 e. The summed E-state index contributed by atoms with van der Waals surface area (Å²) >= 11 is 0. The molecular weight excluding hydrogens is 260 g/mol. The summed E-state index contributed by atoms with van der Waals surface area (Å²) in [7, 11) is 4.01. The fourth-order valence-electron chi connectivity index (χ4n) is 2.13. The molecule has 0 fully saturated rings. The monoisotopic (exact) mass is 290 g/mol. The number of nitrogens with one attached hydrogen (secondary N) is 1. The van der Waals surface area contributed by atoms with Crippen molar-refractivity contribution in [1.29, 1.82) is 0 Å². The predicted molar refractivity (Wildman–Crippen MR) is 89.6 cm³/mol. The summed E-state index contributed by atoms with van der Waals surface area (Å²) in [6.07, 6.45) is 2.47. The molecule has 0 spiro atoms. The summed E-state index contributed by atoms with van der Waals surface area (Å²) in [5.74, 6) is 0.156. The highest BCUT2D eigenvalue weighted by atomic mass is 16.1. The normalized spacial score (nSPS) is 11.7. The van der Waals surface area contributed by atoms with Gasteiger partial charge in [0.05, 0.1) is 0 Å². The summed E-state index contributed by atoms with van der Waals surface area (Å²) in [5.41, 5.74) is 2.86. The highest BCUT2D eigenvalue weighted by Gasteiger charge is 2.12. The topological polar surface area (TPSA) is 32.3 Å². The highest BCUT2D eigenvalue weighted by Crippen LogP contribution is 2.22. The van der Waals surface area contributed by atoms with Crippen molar-refractivity contribution in [3.8, 4) is 0 Å². The Bertz CT molecular complexity index is 430. The number of rotatable bonds is 7. The third kappa shape index (κ3) is 7.28. The van der Waals surface area contributed by atoms with Crippen LogP contribution in [0.5, 0.6) is 0 Å². The maximum atomic E-state index is 11.7. The van der Waals surface area contributed by atoms with Gasteiger partial charge in [-0.05, 0) is 43.5 Å². The summed E-state index contributed by atoms with van der Waals surface area (Å²) in [5, 5.41) is 2.95. The van der Waals surface area contributed by atoms with E-state index in [-0.39, 0.29) is 11.3 Å². The fraction of sp³-hybridized carbons (Fsp3) is 0.611. The van der Waals surface area contributed by atoms with Crippen molar-refractivity contribution < 1.29 is 4.79 Å². The molecule has 0 radical (unpaired) electrons. The van der Waals surface area contributed by atoms with Crippen LogP contribution in [-0.4, -0.2) is 38.0 Å². The SMILES string of the molecule is CN(C)CCNC(=O)CCCc1ccc(C(C)(C)C)cc1. The van der Waals surface area contributed by atoms with Crippen LogP contribution in [0.25, 0.3) is 0 Å². The molecular formula is C18H30N2O. The summed E-state index contributed by atoms with van der Waals surface area (Å²) in [6, 6.07) is 8.77. The van der Waals surface area contributed by atoms with Crippen LogP contribution < -0.4 is 5.32 Å². The van der Waals surface area contributed by atoms with Crippen LogP contribution in [0.2, 0.25) is 0 Å². The van der Waals surface area contributed by atoms with Crippen LogP contribution >= 0.6 is 0 Å². The van der Waals surface area contributed by atoms with E-state index in [1.807, 2.05) is 14.1 Å². The number of benzene rings is 1. The zero-order valence-electron chi connectivity index (χ0n) is 14.2. The molecule has 3 heteroatoms. The van der Waals surface area contributed by atoms with Gasteiger partial charge >= 0.3 is 0 Å². The molecule has 1 aromatic rings. The van der Waals surface area contributed by atoms with Gasteiger partial charge in [-0.1, -0.05) is 45.0 Å². The maximum absolute atomic E-state index is 11.7. The van der Waals surface area contributed by atoms with Crippen LogP contribution in [0.3, 0.4) is 0 Å². The van der Waals surface area contributed by atoms with E-state index in [0.717, 1.165) is 25.9 Å². The van der Waals surface area contributed by atoms with E-state index in [1.54, 1.807) is 0 Å². The van der Waals surface area contributed by atoms with Gasteiger partial charge < -0.3 is 10.2 Å². The van der Waals surface area contributed by atoms with Crippen LogP contribution in [0.1, 0.15) is 44.7 Å². The number of carbonyl (C=O) groups excluding carboxylic acids is 1. The lowest BCUT2D eigenvalue weighted by atomic mass is 9.86. The molecule has 1 aromatic carbocycles. The number of aryl methyl sites for hydroxylation is 1. The van der Waals surface area contributed by atoms with Crippen molar-refractivity contribution in [3.63, 3.8) is 0 Å². The van der Waals surface area contributed by atoms with E-state index >= 15 is 0 Å². The van der Waals surface area contributed by atoms with Gasteiger partial charge in [-0.3, -0.25) is 4.79 Å². The van der Waals surface area contributed by atoms with Crippen LogP contribution in [0.4, 0.5) is 0 Å². The zero-order valence-corrected chi connectivity index (χ0v) is 14.2. The molecule has 1 N–H and O–H groups in total. The molecule has 1 rings (SSSR count). The van der Waals surface area contributed by atoms with Crippen LogP contribution in [0, 0.1) is 0 Å². The van der Waals surface area contributed by atoms with Gasteiger partial charge in [-0.2, -0.15) is 0 Å². The van der Waals surface area contributed by atoms with E-state index in [2.05, 4.69) is 55.3 Å². The molecule has 0 aliphatic heterocycles. The van der Waals surface area contributed by atoms with Gasteiger partial charge in [0.2, 0.25) is 5.91 Å². The molecule has 0 unspecified atom stereocenters. The Kier molecular flexibility index (Phi) is 6.90. The number of nitrogens with zero attached hydrogens (tertiary/aromatic N) is 1. The lowest BCUT2D eigenvalue weighted by Crippen LogP contribution is -2.31. The second-order valence-corrected chi connectivity index (χ2v) is 6.95. The molecule has 0 aliphatic carbocycles. The van der Waals surface area contributed by atoms with Crippen molar-refractivity contribution in [1.82, 2.24) is 10.2 Å². The molecule has 0 saturated carbocycles. The molecule has 1 amide bonds. The molecule has 0 saturated heterocycles. The van der Waals surface area contributed by atoms with E-state index in [1.165, 1.54) is 11.1 Å². The number of hydrogen-bond donors (Lipinski definition) is 1. The Labute approximate surface area is 129 Å². The van der Waals surface area contributed by atoms with Crippen LogP contribution in [-0.2, 0) is 16.6 Å². The second kappa shape index (κ2) is 8.18. The van der Waals surface area contributed by atoms with Crippen molar-refractivity contribution in [2.45, 2.75) is 45.4 Å². The fourth-order valence-corrected chi connectivity index (χ4v) is 2.13.